The summed E-state index contributed by atoms with van der Waals surface area (Å²) >= 11 is 0. The maximum absolute atomic E-state index is 5.17. The molecule has 0 atom stereocenters. The van der Waals surface area contributed by atoms with E-state index >= 15 is 0 Å². The van der Waals surface area contributed by atoms with Crippen molar-refractivity contribution in [3.05, 3.63) is 29.8 Å². The summed E-state index contributed by atoms with van der Waals surface area (Å²) in [5.41, 5.74) is 2.70. The first-order valence-corrected chi connectivity index (χ1v) is 6.94. The van der Waals surface area contributed by atoms with Gasteiger partial charge in [0.2, 0.25) is 0 Å². The van der Waals surface area contributed by atoms with Gasteiger partial charge in [-0.3, -0.25) is 0 Å². The monoisotopic (exact) mass is 264 g/mol. The van der Waals surface area contributed by atoms with Crippen molar-refractivity contribution in [3.63, 3.8) is 0 Å². The van der Waals surface area contributed by atoms with E-state index in [0.29, 0.717) is 6.54 Å². The highest BCUT2D eigenvalue weighted by molar-refractivity contribution is 5.54. The van der Waals surface area contributed by atoms with Crippen LogP contribution in [0.3, 0.4) is 0 Å². The van der Waals surface area contributed by atoms with Crippen molar-refractivity contribution in [3.8, 4) is 0 Å². The molecule has 0 unspecified atom stereocenters. The third-order valence-corrected chi connectivity index (χ3v) is 3.59. The van der Waals surface area contributed by atoms with Crippen LogP contribution in [0.5, 0.6) is 0 Å². The number of hydrogen-bond acceptors (Lipinski definition) is 4. The minimum Gasteiger partial charge on any atom is -0.371 e. The molecule has 1 heterocycles. The topological polar surface area (TPSA) is 33.7 Å². The molecule has 1 aromatic carbocycles. The lowest BCUT2D eigenvalue weighted by molar-refractivity contribution is -0.0989. The van der Waals surface area contributed by atoms with Gasteiger partial charge in [0.1, 0.15) is 0 Å². The number of benzene rings is 1. The molecule has 1 aliphatic rings. The van der Waals surface area contributed by atoms with Crippen LogP contribution in [-0.4, -0.2) is 40.1 Å². The minimum atomic E-state index is -0.182. The standard InChI is InChI=1S/C15H24N2O2/c1-18-15(19-2)12-16-11-13-7-3-4-8-14(13)17-9-5-6-10-17/h3-4,7-8,15-16H,5-6,9-12H2,1-2H3. The molecule has 106 valence electrons. The molecule has 19 heavy (non-hydrogen) atoms. The average Bonchev–Trinajstić information content (AvgIpc) is 2.98. The van der Waals surface area contributed by atoms with Gasteiger partial charge in [0, 0.05) is 46.1 Å². The number of nitrogens with zero attached hydrogens (tertiary/aromatic N) is 1. The fourth-order valence-corrected chi connectivity index (χ4v) is 2.51. The van der Waals surface area contributed by atoms with Crippen molar-refractivity contribution in [1.29, 1.82) is 0 Å². The summed E-state index contributed by atoms with van der Waals surface area (Å²) in [6, 6.07) is 8.62. The molecule has 0 amide bonds. The zero-order valence-corrected chi connectivity index (χ0v) is 11.9. The van der Waals surface area contributed by atoms with Crippen molar-refractivity contribution < 1.29 is 9.47 Å². The summed E-state index contributed by atoms with van der Waals surface area (Å²) in [5.74, 6) is 0. The summed E-state index contributed by atoms with van der Waals surface area (Å²) in [5, 5.41) is 3.39. The molecule has 4 nitrogen and oxygen atoms in total. The molecule has 1 N–H and O–H groups in total. The summed E-state index contributed by atoms with van der Waals surface area (Å²) in [4.78, 5) is 2.47. The number of nitrogens with one attached hydrogen (secondary N) is 1. The van der Waals surface area contributed by atoms with Gasteiger partial charge in [0.25, 0.3) is 0 Å². The van der Waals surface area contributed by atoms with Crippen molar-refractivity contribution in [2.24, 2.45) is 0 Å². The smallest absolute Gasteiger partial charge is 0.169 e. The van der Waals surface area contributed by atoms with E-state index in [-0.39, 0.29) is 6.29 Å². The Bertz CT molecular complexity index is 374. The molecule has 0 spiro atoms. The SMILES string of the molecule is COC(CNCc1ccccc1N1CCCC1)OC. The van der Waals surface area contributed by atoms with Crippen LogP contribution in [0.2, 0.25) is 0 Å². The van der Waals surface area contributed by atoms with Gasteiger partial charge in [-0.25, -0.2) is 0 Å². The van der Waals surface area contributed by atoms with Gasteiger partial charge >= 0.3 is 0 Å². The molecule has 1 aliphatic heterocycles. The summed E-state index contributed by atoms with van der Waals surface area (Å²) in [7, 11) is 3.32. The Morgan fingerprint density at radius 1 is 1.16 bits per heavy atom. The average molecular weight is 264 g/mol. The third kappa shape index (κ3) is 3.93. The molecule has 4 heteroatoms. The second-order valence-electron chi connectivity index (χ2n) is 4.85. The predicted molar refractivity (Wildman–Crippen MR) is 77.4 cm³/mol. The molecule has 1 fully saturated rings. The normalized spacial score (nSPS) is 15.4. The minimum absolute atomic E-state index is 0.182. The van der Waals surface area contributed by atoms with Gasteiger partial charge < -0.3 is 19.7 Å². The number of para-hydroxylation sites is 1. The van der Waals surface area contributed by atoms with Crippen LogP contribution in [0.1, 0.15) is 18.4 Å². The molecule has 1 aromatic rings. The van der Waals surface area contributed by atoms with Gasteiger partial charge in [0.15, 0.2) is 6.29 Å². The summed E-state index contributed by atoms with van der Waals surface area (Å²) < 4.78 is 10.3. The molecule has 0 saturated carbocycles. The summed E-state index contributed by atoms with van der Waals surface area (Å²) in [6.45, 7) is 3.89. The number of ether oxygens (including phenoxy) is 2. The number of rotatable bonds is 7. The second kappa shape index (κ2) is 7.48. The lowest BCUT2D eigenvalue weighted by Crippen LogP contribution is -2.30. The van der Waals surface area contributed by atoms with E-state index in [2.05, 4.69) is 34.5 Å². The molecule has 0 radical (unpaired) electrons. The maximum Gasteiger partial charge on any atom is 0.169 e. The Morgan fingerprint density at radius 3 is 2.53 bits per heavy atom. The third-order valence-electron chi connectivity index (χ3n) is 3.59. The van der Waals surface area contributed by atoms with E-state index in [1.54, 1.807) is 14.2 Å². The van der Waals surface area contributed by atoms with Gasteiger partial charge in [-0.15, -0.1) is 0 Å². The molecule has 0 aromatic heterocycles. The van der Waals surface area contributed by atoms with Crippen molar-refractivity contribution >= 4 is 5.69 Å². The van der Waals surface area contributed by atoms with E-state index in [4.69, 9.17) is 9.47 Å². The Kier molecular flexibility index (Phi) is 5.63. The first-order chi connectivity index (χ1) is 9.35. The van der Waals surface area contributed by atoms with E-state index in [1.165, 1.54) is 37.2 Å². The molecular weight excluding hydrogens is 240 g/mol. The maximum atomic E-state index is 5.17. The molecule has 0 bridgehead atoms. The van der Waals surface area contributed by atoms with Crippen molar-refractivity contribution in [2.45, 2.75) is 25.7 Å². The molecular formula is C15H24N2O2. The second-order valence-corrected chi connectivity index (χ2v) is 4.85. The highest BCUT2D eigenvalue weighted by Crippen LogP contribution is 2.24. The van der Waals surface area contributed by atoms with Gasteiger partial charge in [-0.1, -0.05) is 18.2 Å². The highest BCUT2D eigenvalue weighted by atomic mass is 16.7. The van der Waals surface area contributed by atoms with Crippen LogP contribution < -0.4 is 10.2 Å². The van der Waals surface area contributed by atoms with Crippen LogP contribution in [0, 0.1) is 0 Å². The number of anilines is 1. The Labute approximate surface area is 115 Å². The quantitative estimate of drug-likeness (QED) is 0.764. The van der Waals surface area contributed by atoms with E-state index in [0.717, 1.165) is 6.54 Å². The predicted octanol–water partition coefficient (Wildman–Crippen LogP) is 2.00. The largest absolute Gasteiger partial charge is 0.371 e. The molecule has 1 saturated heterocycles. The Balaban J connectivity index is 1.92. The first kappa shape index (κ1) is 14.3. The van der Waals surface area contributed by atoms with Crippen LogP contribution in [0.15, 0.2) is 24.3 Å². The fraction of sp³-hybridized carbons (Fsp3) is 0.600. The van der Waals surface area contributed by atoms with Gasteiger partial charge in [0.05, 0.1) is 0 Å². The van der Waals surface area contributed by atoms with Crippen LogP contribution in [0.4, 0.5) is 5.69 Å². The fourth-order valence-electron chi connectivity index (χ4n) is 2.51. The van der Waals surface area contributed by atoms with Crippen LogP contribution >= 0.6 is 0 Å². The lowest BCUT2D eigenvalue weighted by Gasteiger charge is -2.22. The van der Waals surface area contributed by atoms with E-state index < -0.39 is 0 Å². The first-order valence-electron chi connectivity index (χ1n) is 6.94. The summed E-state index contributed by atoms with van der Waals surface area (Å²) in [6.07, 6.45) is 2.42. The van der Waals surface area contributed by atoms with Crippen molar-refractivity contribution in [1.82, 2.24) is 5.32 Å². The number of methoxy groups -OCH3 is 2. The zero-order valence-electron chi connectivity index (χ0n) is 11.9. The van der Waals surface area contributed by atoms with E-state index in [9.17, 15) is 0 Å². The van der Waals surface area contributed by atoms with Gasteiger partial charge in [-0.2, -0.15) is 0 Å². The molecule has 0 aliphatic carbocycles. The Morgan fingerprint density at radius 2 is 1.84 bits per heavy atom. The van der Waals surface area contributed by atoms with E-state index in [1.807, 2.05) is 0 Å². The van der Waals surface area contributed by atoms with Crippen LogP contribution in [0.25, 0.3) is 0 Å². The molecule has 2 rings (SSSR count). The number of hydrogen-bond donors (Lipinski definition) is 1. The van der Waals surface area contributed by atoms with Gasteiger partial charge in [-0.05, 0) is 24.5 Å². The Hall–Kier alpha value is -1.10. The van der Waals surface area contributed by atoms with Crippen molar-refractivity contribution in [2.75, 3.05) is 38.8 Å². The zero-order chi connectivity index (χ0) is 13.5. The highest BCUT2D eigenvalue weighted by Gasteiger charge is 2.15. The lowest BCUT2D eigenvalue weighted by atomic mass is 10.1. The van der Waals surface area contributed by atoms with Crippen LogP contribution in [-0.2, 0) is 16.0 Å².